The van der Waals surface area contributed by atoms with Crippen LogP contribution in [0.1, 0.15) is 25.5 Å². The molecule has 3 aromatic carbocycles. The number of hydrogen-bond acceptors (Lipinski definition) is 5. The fourth-order valence-corrected chi connectivity index (χ4v) is 3.04. The lowest BCUT2D eigenvalue weighted by atomic mass is 9.97. The van der Waals surface area contributed by atoms with Gasteiger partial charge in [-0.3, -0.25) is 0 Å². The van der Waals surface area contributed by atoms with E-state index in [1.807, 2.05) is 61.5 Å². The lowest BCUT2D eigenvalue weighted by Gasteiger charge is -2.21. The van der Waals surface area contributed by atoms with Crippen LogP contribution in [0.3, 0.4) is 0 Å². The number of ether oxygens (including phenoxy) is 2. The van der Waals surface area contributed by atoms with Crippen LogP contribution < -0.4 is 10.1 Å². The lowest BCUT2D eigenvalue weighted by Crippen LogP contribution is -2.23. The molecule has 140 valence electrons. The van der Waals surface area contributed by atoms with Crippen molar-refractivity contribution in [3.05, 3.63) is 66.2 Å². The Morgan fingerprint density at radius 2 is 1.74 bits per heavy atom. The first-order valence-corrected chi connectivity index (χ1v) is 9.00. The van der Waals surface area contributed by atoms with Crippen molar-refractivity contribution in [3.8, 4) is 11.5 Å². The largest absolute Gasteiger partial charge is 0.508 e. The number of rotatable bonds is 7. The van der Waals surface area contributed by atoms with E-state index < -0.39 is 12.0 Å². The number of aromatic hydroxyl groups is 1. The Kier molecular flexibility index (Phi) is 5.81. The van der Waals surface area contributed by atoms with Crippen molar-refractivity contribution < 1.29 is 19.4 Å². The van der Waals surface area contributed by atoms with Crippen LogP contribution in [0.5, 0.6) is 11.5 Å². The standard InChI is InChI=1S/C22H23NO4/c1-3-26-17-12-10-16(11-13-17)23-21(22(25)27-4-2)20-18-8-6-5-7-15(18)9-14-19(20)24/h5-14,21,23-24H,3-4H2,1-2H3. The van der Waals surface area contributed by atoms with Crippen molar-refractivity contribution in [1.29, 1.82) is 0 Å². The summed E-state index contributed by atoms with van der Waals surface area (Å²) in [6.45, 7) is 4.52. The number of fused-ring (bicyclic) bond motifs is 1. The minimum absolute atomic E-state index is 0.0465. The third-order valence-corrected chi connectivity index (χ3v) is 4.23. The van der Waals surface area contributed by atoms with Crippen LogP contribution in [0.2, 0.25) is 0 Å². The van der Waals surface area contributed by atoms with Gasteiger partial charge in [-0.2, -0.15) is 0 Å². The highest BCUT2D eigenvalue weighted by Gasteiger charge is 2.27. The molecule has 0 bridgehead atoms. The fraction of sp³-hybridized carbons (Fsp3) is 0.227. The average Bonchev–Trinajstić information content (AvgIpc) is 2.68. The highest BCUT2D eigenvalue weighted by atomic mass is 16.5. The van der Waals surface area contributed by atoms with Gasteiger partial charge in [0.2, 0.25) is 0 Å². The summed E-state index contributed by atoms with van der Waals surface area (Å²) in [6.07, 6.45) is 0. The maximum Gasteiger partial charge on any atom is 0.333 e. The van der Waals surface area contributed by atoms with Crippen LogP contribution in [0.4, 0.5) is 5.69 Å². The highest BCUT2D eigenvalue weighted by Crippen LogP contribution is 2.35. The zero-order valence-electron chi connectivity index (χ0n) is 15.4. The summed E-state index contributed by atoms with van der Waals surface area (Å²) in [4.78, 5) is 12.7. The quantitative estimate of drug-likeness (QED) is 0.596. The Morgan fingerprint density at radius 1 is 1.00 bits per heavy atom. The molecule has 0 amide bonds. The molecule has 2 N–H and O–H groups in total. The van der Waals surface area contributed by atoms with Crippen molar-refractivity contribution in [2.75, 3.05) is 18.5 Å². The van der Waals surface area contributed by atoms with Crippen molar-refractivity contribution in [3.63, 3.8) is 0 Å². The summed E-state index contributed by atoms with van der Waals surface area (Å²) in [5.41, 5.74) is 1.23. The van der Waals surface area contributed by atoms with Gasteiger partial charge < -0.3 is 19.9 Å². The van der Waals surface area contributed by atoms with E-state index >= 15 is 0 Å². The van der Waals surface area contributed by atoms with E-state index in [2.05, 4.69) is 5.32 Å². The molecule has 0 heterocycles. The molecule has 5 nitrogen and oxygen atoms in total. The molecule has 0 fully saturated rings. The number of nitrogens with one attached hydrogen (secondary N) is 1. The Morgan fingerprint density at radius 3 is 2.44 bits per heavy atom. The SMILES string of the molecule is CCOC(=O)C(Nc1ccc(OCC)cc1)c1c(O)ccc2ccccc12. The molecule has 0 aromatic heterocycles. The van der Waals surface area contributed by atoms with Gasteiger partial charge in [-0.25, -0.2) is 4.79 Å². The summed E-state index contributed by atoms with van der Waals surface area (Å²) in [6, 6.07) is 17.5. The molecule has 3 rings (SSSR count). The summed E-state index contributed by atoms with van der Waals surface area (Å²) >= 11 is 0. The van der Waals surface area contributed by atoms with Gasteiger partial charge in [0.25, 0.3) is 0 Å². The molecule has 0 saturated heterocycles. The smallest absolute Gasteiger partial charge is 0.333 e. The van der Waals surface area contributed by atoms with Crippen LogP contribution in [-0.4, -0.2) is 24.3 Å². The van der Waals surface area contributed by atoms with Gasteiger partial charge in [-0.1, -0.05) is 30.3 Å². The number of phenols is 1. The molecule has 3 aromatic rings. The fourth-order valence-electron chi connectivity index (χ4n) is 3.04. The molecule has 1 atom stereocenters. The normalized spacial score (nSPS) is 11.8. The lowest BCUT2D eigenvalue weighted by molar-refractivity contribution is -0.144. The predicted molar refractivity (Wildman–Crippen MR) is 106 cm³/mol. The van der Waals surface area contributed by atoms with Gasteiger partial charge in [-0.15, -0.1) is 0 Å². The second-order valence-electron chi connectivity index (χ2n) is 6.01. The molecule has 0 saturated carbocycles. The highest BCUT2D eigenvalue weighted by molar-refractivity contribution is 5.94. The minimum Gasteiger partial charge on any atom is -0.508 e. The summed E-state index contributed by atoms with van der Waals surface area (Å²) < 4.78 is 10.7. The average molecular weight is 365 g/mol. The van der Waals surface area contributed by atoms with E-state index in [-0.39, 0.29) is 12.4 Å². The van der Waals surface area contributed by atoms with Gasteiger partial charge in [0.1, 0.15) is 11.5 Å². The van der Waals surface area contributed by atoms with Gasteiger partial charge in [-0.05, 0) is 55.0 Å². The van der Waals surface area contributed by atoms with Gasteiger partial charge in [0.15, 0.2) is 6.04 Å². The number of benzene rings is 3. The molecular weight excluding hydrogens is 342 g/mol. The van der Waals surface area contributed by atoms with E-state index in [4.69, 9.17) is 9.47 Å². The van der Waals surface area contributed by atoms with Crippen LogP contribution in [0.15, 0.2) is 60.7 Å². The third-order valence-electron chi connectivity index (χ3n) is 4.23. The molecule has 27 heavy (non-hydrogen) atoms. The third kappa shape index (κ3) is 4.14. The van der Waals surface area contributed by atoms with Crippen molar-refractivity contribution >= 4 is 22.4 Å². The molecule has 1 unspecified atom stereocenters. The molecular formula is C22H23NO4. The van der Waals surface area contributed by atoms with E-state index in [0.717, 1.165) is 22.2 Å². The maximum absolute atomic E-state index is 12.7. The zero-order chi connectivity index (χ0) is 19.2. The minimum atomic E-state index is -0.839. The van der Waals surface area contributed by atoms with Crippen molar-refractivity contribution in [1.82, 2.24) is 0 Å². The van der Waals surface area contributed by atoms with E-state index in [1.54, 1.807) is 13.0 Å². The Labute approximate surface area is 158 Å². The summed E-state index contributed by atoms with van der Waals surface area (Å²) in [5.74, 6) is 0.354. The first kappa shape index (κ1) is 18.6. The summed E-state index contributed by atoms with van der Waals surface area (Å²) in [5, 5.41) is 15.5. The van der Waals surface area contributed by atoms with E-state index in [9.17, 15) is 9.90 Å². The monoisotopic (exact) mass is 365 g/mol. The predicted octanol–water partition coefficient (Wildman–Crippen LogP) is 4.66. The summed E-state index contributed by atoms with van der Waals surface area (Å²) in [7, 11) is 0. The number of phenolic OH excluding ortho intramolecular Hbond substituents is 1. The van der Waals surface area contributed by atoms with Crippen LogP contribution >= 0.6 is 0 Å². The first-order chi connectivity index (χ1) is 13.1. The van der Waals surface area contributed by atoms with Crippen molar-refractivity contribution in [2.24, 2.45) is 0 Å². The second kappa shape index (κ2) is 8.45. The zero-order valence-corrected chi connectivity index (χ0v) is 15.4. The van der Waals surface area contributed by atoms with Gasteiger partial charge in [0.05, 0.1) is 13.2 Å². The van der Waals surface area contributed by atoms with E-state index in [1.165, 1.54) is 0 Å². The van der Waals surface area contributed by atoms with Crippen molar-refractivity contribution in [2.45, 2.75) is 19.9 Å². The van der Waals surface area contributed by atoms with Gasteiger partial charge in [0, 0.05) is 11.3 Å². The number of hydrogen-bond donors (Lipinski definition) is 2. The Balaban J connectivity index is 2.02. The molecule has 0 aliphatic heterocycles. The van der Waals surface area contributed by atoms with Crippen LogP contribution in [0, 0.1) is 0 Å². The Bertz CT molecular complexity index is 921. The molecule has 0 spiro atoms. The van der Waals surface area contributed by atoms with Crippen LogP contribution in [-0.2, 0) is 9.53 Å². The first-order valence-electron chi connectivity index (χ1n) is 9.00. The molecule has 0 aliphatic rings. The van der Waals surface area contributed by atoms with Gasteiger partial charge >= 0.3 is 5.97 Å². The Hall–Kier alpha value is -3.21. The molecule has 0 aliphatic carbocycles. The number of carbonyl (C=O) groups excluding carboxylic acids is 1. The van der Waals surface area contributed by atoms with E-state index in [0.29, 0.717) is 12.2 Å². The maximum atomic E-state index is 12.7. The number of carbonyl (C=O) groups is 1. The molecule has 0 radical (unpaired) electrons. The second-order valence-corrected chi connectivity index (χ2v) is 6.01. The molecule has 5 heteroatoms. The number of esters is 1. The topological polar surface area (TPSA) is 67.8 Å². The number of anilines is 1. The van der Waals surface area contributed by atoms with Crippen LogP contribution in [0.25, 0.3) is 10.8 Å².